The van der Waals surface area contributed by atoms with Crippen LogP contribution < -0.4 is 0 Å². The van der Waals surface area contributed by atoms with E-state index in [-0.39, 0.29) is 0 Å². The number of nitrogens with zero attached hydrogens (tertiary/aromatic N) is 2. The average molecular weight is 288 g/mol. The zero-order chi connectivity index (χ0) is 14.2. The molecule has 0 amide bonds. The van der Waals surface area contributed by atoms with Gasteiger partial charge in [0.2, 0.25) is 0 Å². The Kier molecular flexibility index (Phi) is 1.94. The molecule has 21 heavy (non-hydrogen) atoms. The van der Waals surface area contributed by atoms with Crippen molar-refractivity contribution in [2.75, 3.05) is 0 Å². The normalized spacial score (nSPS) is 16.3. The molecule has 0 fully saturated rings. The van der Waals surface area contributed by atoms with Crippen LogP contribution in [0.4, 0.5) is 0 Å². The average Bonchev–Trinajstić information content (AvgIpc) is 2.93. The van der Waals surface area contributed by atoms with Crippen LogP contribution in [0.2, 0.25) is 13.1 Å². The van der Waals surface area contributed by atoms with Gasteiger partial charge in [0, 0.05) is 10.8 Å². The summed E-state index contributed by atoms with van der Waals surface area (Å²) < 4.78 is 2.50. The van der Waals surface area contributed by atoms with Gasteiger partial charge in [-0.1, -0.05) is 55.6 Å². The minimum atomic E-state index is -1.50. The molecule has 1 aliphatic heterocycles. The smallest absolute Gasteiger partial charge is 0.162 e. The van der Waals surface area contributed by atoms with Gasteiger partial charge in [-0.05, 0) is 22.4 Å². The molecule has 0 unspecified atom stereocenters. The summed E-state index contributed by atoms with van der Waals surface area (Å²) >= 11 is 0. The van der Waals surface area contributed by atoms with E-state index in [2.05, 4.69) is 66.1 Å². The van der Waals surface area contributed by atoms with Gasteiger partial charge in [0.05, 0.1) is 17.4 Å². The van der Waals surface area contributed by atoms with E-state index in [9.17, 15) is 0 Å². The SMILES string of the molecule is C[Si]1(C)Cc2cccc3c4ccccc4c4ncn1c4c23. The standard InChI is InChI=1S/C18H16N2Si/c1-21(2)10-12-6-5-9-14-13-7-3-4-8-15(13)17-18(16(12)14)20(21)11-19-17/h3-9,11H,10H2,1-2H3. The summed E-state index contributed by atoms with van der Waals surface area (Å²) in [6.07, 6.45) is 2.08. The highest BCUT2D eigenvalue weighted by Crippen LogP contribution is 2.40. The van der Waals surface area contributed by atoms with Crippen molar-refractivity contribution in [1.29, 1.82) is 0 Å². The van der Waals surface area contributed by atoms with E-state index in [0.29, 0.717) is 0 Å². The van der Waals surface area contributed by atoms with Gasteiger partial charge in [-0.15, -0.1) is 0 Å². The number of hydrogen-bond acceptors (Lipinski definition) is 1. The second kappa shape index (κ2) is 3.54. The fourth-order valence-electron chi connectivity index (χ4n) is 3.97. The molecule has 0 N–H and O–H groups in total. The lowest BCUT2D eigenvalue weighted by Gasteiger charge is -2.30. The van der Waals surface area contributed by atoms with Crippen LogP contribution in [-0.4, -0.2) is 17.5 Å². The number of aromatic nitrogens is 2. The topological polar surface area (TPSA) is 17.8 Å². The molecule has 5 rings (SSSR count). The van der Waals surface area contributed by atoms with Gasteiger partial charge < -0.3 is 4.23 Å². The van der Waals surface area contributed by atoms with Crippen molar-refractivity contribution in [2.45, 2.75) is 19.1 Å². The number of imidazole rings is 1. The van der Waals surface area contributed by atoms with Crippen molar-refractivity contribution in [3.8, 4) is 0 Å². The highest BCUT2D eigenvalue weighted by Gasteiger charge is 2.32. The summed E-state index contributed by atoms with van der Waals surface area (Å²) in [6, 6.07) is 16.7. The lowest BCUT2D eigenvalue weighted by atomic mass is 9.97. The quantitative estimate of drug-likeness (QED) is 0.344. The Morgan fingerprint density at radius 3 is 2.57 bits per heavy atom. The first-order valence-electron chi connectivity index (χ1n) is 7.47. The second-order valence-electron chi connectivity index (χ2n) is 6.69. The molecule has 3 aromatic carbocycles. The van der Waals surface area contributed by atoms with E-state index in [1.165, 1.54) is 44.2 Å². The number of hydrogen-bond donors (Lipinski definition) is 0. The molecule has 0 atom stereocenters. The third-order valence-corrected chi connectivity index (χ3v) is 7.79. The lowest BCUT2D eigenvalue weighted by Crippen LogP contribution is -2.40. The van der Waals surface area contributed by atoms with Crippen LogP contribution in [0.25, 0.3) is 32.6 Å². The monoisotopic (exact) mass is 288 g/mol. The van der Waals surface area contributed by atoms with Crippen molar-refractivity contribution in [1.82, 2.24) is 9.22 Å². The summed E-state index contributed by atoms with van der Waals surface area (Å²) in [7, 11) is -1.50. The van der Waals surface area contributed by atoms with Crippen LogP contribution in [0.1, 0.15) is 5.56 Å². The second-order valence-corrected chi connectivity index (χ2v) is 11.1. The van der Waals surface area contributed by atoms with Crippen LogP contribution in [0.5, 0.6) is 0 Å². The molecular formula is C18H16N2Si. The van der Waals surface area contributed by atoms with Crippen LogP contribution >= 0.6 is 0 Å². The van der Waals surface area contributed by atoms with Gasteiger partial charge in [0.1, 0.15) is 0 Å². The van der Waals surface area contributed by atoms with Gasteiger partial charge in [-0.3, -0.25) is 0 Å². The van der Waals surface area contributed by atoms with Gasteiger partial charge in [0.25, 0.3) is 0 Å². The minimum absolute atomic E-state index is 1.17. The molecule has 0 saturated heterocycles. The Hall–Kier alpha value is -2.13. The van der Waals surface area contributed by atoms with Crippen LogP contribution in [0.15, 0.2) is 48.8 Å². The Bertz CT molecular complexity index is 1040. The molecule has 2 nitrogen and oxygen atoms in total. The molecule has 2 heterocycles. The summed E-state index contributed by atoms with van der Waals surface area (Å²) in [5.74, 6) is 0. The van der Waals surface area contributed by atoms with Crippen LogP contribution in [-0.2, 0) is 6.04 Å². The summed E-state index contributed by atoms with van der Waals surface area (Å²) in [4.78, 5) is 4.79. The molecule has 0 bridgehead atoms. The number of rotatable bonds is 0. The van der Waals surface area contributed by atoms with Gasteiger partial charge in [0.15, 0.2) is 8.24 Å². The molecule has 0 aliphatic carbocycles. The highest BCUT2D eigenvalue weighted by molar-refractivity contribution is 6.77. The minimum Gasteiger partial charge on any atom is -0.358 e. The van der Waals surface area contributed by atoms with E-state index in [1.54, 1.807) is 0 Å². The maximum atomic E-state index is 4.79. The first kappa shape index (κ1) is 11.5. The number of fused-ring (bicyclic) bond motifs is 3. The maximum Gasteiger partial charge on any atom is 0.162 e. The molecule has 4 aromatic rings. The van der Waals surface area contributed by atoms with E-state index in [1.807, 2.05) is 0 Å². The predicted molar refractivity (Wildman–Crippen MR) is 91.3 cm³/mol. The molecule has 102 valence electrons. The number of benzene rings is 3. The third kappa shape index (κ3) is 1.30. The Labute approximate surface area is 124 Å². The zero-order valence-corrected chi connectivity index (χ0v) is 13.2. The third-order valence-electron chi connectivity index (χ3n) is 4.90. The van der Waals surface area contributed by atoms with Crippen LogP contribution in [0, 0.1) is 0 Å². The van der Waals surface area contributed by atoms with Crippen LogP contribution in [0.3, 0.4) is 0 Å². The first-order chi connectivity index (χ1) is 10.2. The van der Waals surface area contributed by atoms with Gasteiger partial charge >= 0.3 is 0 Å². The van der Waals surface area contributed by atoms with E-state index < -0.39 is 8.24 Å². The molecule has 0 spiro atoms. The fraction of sp³-hybridized carbons (Fsp3) is 0.167. The molecule has 0 saturated carbocycles. The molecular weight excluding hydrogens is 272 g/mol. The largest absolute Gasteiger partial charge is 0.358 e. The van der Waals surface area contributed by atoms with Crippen molar-refractivity contribution in [3.05, 3.63) is 54.4 Å². The first-order valence-corrected chi connectivity index (χ1v) is 10.6. The van der Waals surface area contributed by atoms with Crippen molar-refractivity contribution >= 4 is 40.8 Å². The van der Waals surface area contributed by atoms with Gasteiger partial charge in [-0.25, -0.2) is 4.98 Å². The Morgan fingerprint density at radius 1 is 0.952 bits per heavy atom. The van der Waals surface area contributed by atoms with Crippen molar-refractivity contribution in [3.63, 3.8) is 0 Å². The fourth-order valence-corrected chi connectivity index (χ4v) is 6.56. The Morgan fingerprint density at radius 2 is 1.71 bits per heavy atom. The Balaban J connectivity index is 2.21. The van der Waals surface area contributed by atoms with E-state index in [4.69, 9.17) is 4.98 Å². The van der Waals surface area contributed by atoms with Crippen molar-refractivity contribution in [2.24, 2.45) is 0 Å². The predicted octanol–water partition coefficient (Wildman–Crippen LogP) is 4.49. The van der Waals surface area contributed by atoms with E-state index in [0.717, 1.165) is 0 Å². The van der Waals surface area contributed by atoms with E-state index >= 15 is 0 Å². The lowest BCUT2D eigenvalue weighted by molar-refractivity contribution is 1.09. The molecule has 1 aliphatic rings. The zero-order valence-electron chi connectivity index (χ0n) is 12.2. The highest BCUT2D eigenvalue weighted by atomic mass is 28.3. The molecule has 0 radical (unpaired) electrons. The maximum absolute atomic E-state index is 4.79. The van der Waals surface area contributed by atoms with Crippen molar-refractivity contribution < 1.29 is 0 Å². The summed E-state index contributed by atoms with van der Waals surface area (Å²) in [5.41, 5.74) is 4.04. The summed E-state index contributed by atoms with van der Waals surface area (Å²) in [5, 5.41) is 5.41. The molecule has 3 heteroatoms. The van der Waals surface area contributed by atoms with Gasteiger partial charge in [-0.2, -0.15) is 0 Å². The molecule has 1 aromatic heterocycles. The summed E-state index contributed by atoms with van der Waals surface area (Å²) in [6.45, 7) is 4.87.